The van der Waals surface area contributed by atoms with Crippen molar-refractivity contribution in [2.45, 2.75) is 127 Å². The Hall–Kier alpha value is -6.18. The number of anilines is 1. The third-order valence-electron chi connectivity index (χ3n) is 14.2. The van der Waals surface area contributed by atoms with Crippen molar-refractivity contribution < 1.29 is 51.0 Å². The van der Waals surface area contributed by atoms with Crippen molar-refractivity contribution >= 4 is 46.8 Å². The highest BCUT2D eigenvalue weighted by molar-refractivity contribution is 6.32. The summed E-state index contributed by atoms with van der Waals surface area (Å²) >= 11 is 5.99. The molecule has 4 N–H and O–H groups in total. The first kappa shape index (κ1) is 55.6. The average Bonchev–Trinajstić information content (AvgIpc) is 3.67. The van der Waals surface area contributed by atoms with Gasteiger partial charge in [0.1, 0.15) is 5.82 Å². The first-order valence-corrected chi connectivity index (χ1v) is 25.7. The van der Waals surface area contributed by atoms with Crippen LogP contribution in [0.1, 0.15) is 121 Å². The monoisotopic (exact) mass is 1050 g/mol. The number of rotatable bonds is 21. The summed E-state index contributed by atoms with van der Waals surface area (Å²) in [7, 11) is 1.71. The number of nitrogens with zero attached hydrogens (tertiary/aromatic N) is 3. The van der Waals surface area contributed by atoms with Gasteiger partial charge in [-0.1, -0.05) is 23.7 Å². The molecule has 1 saturated heterocycles. The van der Waals surface area contributed by atoms with Gasteiger partial charge in [-0.2, -0.15) is 13.2 Å². The van der Waals surface area contributed by atoms with Crippen LogP contribution in [-0.4, -0.2) is 95.6 Å². The molecule has 1 aliphatic heterocycles. The van der Waals surface area contributed by atoms with Crippen molar-refractivity contribution in [3.8, 4) is 0 Å². The zero-order chi connectivity index (χ0) is 52.9. The smallest absolute Gasteiger partial charge is 0.378 e. The second-order valence-corrected chi connectivity index (χ2v) is 19.9. The first-order chi connectivity index (χ1) is 35.4. The van der Waals surface area contributed by atoms with Crippen LogP contribution < -0.4 is 26.8 Å². The molecule has 2 aromatic heterocycles. The van der Waals surface area contributed by atoms with E-state index in [9.17, 15) is 46.3 Å². The molecule has 0 spiro atoms. The number of nitrogens with one attached hydrogen (secondary N) is 4. The van der Waals surface area contributed by atoms with Crippen LogP contribution in [0.15, 0.2) is 78.0 Å². The van der Waals surface area contributed by atoms with Crippen molar-refractivity contribution in [3.05, 3.63) is 128 Å². The fourth-order valence-corrected chi connectivity index (χ4v) is 10.4. The molecule has 3 fully saturated rings. The minimum Gasteiger partial charge on any atom is -0.378 e. The van der Waals surface area contributed by atoms with Crippen LogP contribution in [0.4, 0.5) is 23.2 Å². The van der Waals surface area contributed by atoms with Crippen LogP contribution in [0.5, 0.6) is 0 Å². The Morgan fingerprint density at radius 1 is 0.838 bits per heavy atom. The predicted molar refractivity (Wildman–Crippen MR) is 269 cm³/mol. The van der Waals surface area contributed by atoms with Gasteiger partial charge in [-0.05, 0) is 136 Å². The lowest BCUT2D eigenvalue weighted by atomic mass is 9.85. The van der Waals surface area contributed by atoms with E-state index in [1.807, 2.05) is 6.07 Å². The number of carbonyl (C=O) groups is 5. The molecule has 2 aromatic carbocycles. The van der Waals surface area contributed by atoms with Gasteiger partial charge in [0.2, 0.25) is 23.6 Å². The van der Waals surface area contributed by atoms with Crippen LogP contribution in [0.3, 0.4) is 0 Å². The Balaban J connectivity index is 0.732. The van der Waals surface area contributed by atoms with Crippen LogP contribution in [0, 0.1) is 24.6 Å². The van der Waals surface area contributed by atoms with Gasteiger partial charge < -0.3 is 40.2 Å². The number of hydrogen-bond donors (Lipinski definition) is 4. The summed E-state index contributed by atoms with van der Waals surface area (Å²) in [6.45, 7) is 3.42. The number of ether oxygens (including phenoxy) is 2. The van der Waals surface area contributed by atoms with E-state index in [0.29, 0.717) is 82.4 Å². The van der Waals surface area contributed by atoms with E-state index in [1.54, 1.807) is 37.3 Å². The third-order valence-corrected chi connectivity index (χ3v) is 14.6. The molecule has 2 aliphatic carbocycles. The fourth-order valence-electron chi connectivity index (χ4n) is 10.1. The molecule has 0 bridgehead atoms. The molecule has 398 valence electrons. The number of amides is 5. The Bertz CT molecular complexity index is 2670. The fraction of sp³-hybridized carbons (Fsp3) is 0.500. The molecule has 3 aliphatic rings. The zero-order valence-electron chi connectivity index (χ0n) is 41.6. The number of carbonyl (C=O) groups excluding carboxylic acids is 5. The second-order valence-electron chi connectivity index (χ2n) is 19.5. The van der Waals surface area contributed by atoms with Gasteiger partial charge in [-0.25, -0.2) is 4.39 Å². The van der Waals surface area contributed by atoms with Gasteiger partial charge in [0.25, 0.3) is 11.5 Å². The van der Waals surface area contributed by atoms with E-state index in [-0.39, 0.29) is 90.0 Å². The topological polar surface area (TPSA) is 190 Å². The van der Waals surface area contributed by atoms with Crippen molar-refractivity contribution in [1.82, 2.24) is 30.4 Å². The summed E-state index contributed by atoms with van der Waals surface area (Å²) in [6.07, 6.45) is 7.68. The van der Waals surface area contributed by atoms with Gasteiger partial charge in [0.05, 0.1) is 41.4 Å². The number of halogens is 5. The van der Waals surface area contributed by atoms with Crippen LogP contribution >= 0.6 is 11.6 Å². The molecular weight excluding hydrogens is 986 g/mol. The van der Waals surface area contributed by atoms with E-state index in [0.717, 1.165) is 43.4 Å². The number of aromatic nitrogens is 2. The van der Waals surface area contributed by atoms with Gasteiger partial charge >= 0.3 is 6.18 Å². The van der Waals surface area contributed by atoms with E-state index in [4.69, 9.17) is 21.1 Å². The minimum absolute atomic E-state index is 0.00598. The van der Waals surface area contributed by atoms with Crippen molar-refractivity contribution in [3.63, 3.8) is 0 Å². The largest absolute Gasteiger partial charge is 0.417 e. The molecule has 7 rings (SSSR count). The number of pyridine rings is 2. The molecule has 2 atom stereocenters. The molecule has 0 radical (unpaired) electrons. The summed E-state index contributed by atoms with van der Waals surface area (Å²) < 4.78 is 68.7. The molecule has 3 heterocycles. The maximum absolute atomic E-state index is 13.8. The summed E-state index contributed by atoms with van der Waals surface area (Å²) in [6, 6.07) is 11.6. The predicted octanol–water partition coefficient (Wildman–Crippen LogP) is 7.85. The Morgan fingerprint density at radius 2 is 1.55 bits per heavy atom. The highest BCUT2D eigenvalue weighted by Crippen LogP contribution is 2.38. The maximum Gasteiger partial charge on any atom is 0.417 e. The quantitative estimate of drug-likeness (QED) is 0.0476. The molecule has 4 aromatic rings. The highest BCUT2D eigenvalue weighted by Gasteiger charge is 2.43. The van der Waals surface area contributed by atoms with E-state index in [2.05, 4.69) is 26.3 Å². The van der Waals surface area contributed by atoms with Crippen LogP contribution in [0.2, 0.25) is 5.02 Å². The molecule has 2 saturated carbocycles. The first-order valence-electron chi connectivity index (χ1n) is 25.3. The van der Waals surface area contributed by atoms with Gasteiger partial charge in [0, 0.05) is 94.0 Å². The number of aryl methyl sites for hydroxylation is 2. The summed E-state index contributed by atoms with van der Waals surface area (Å²) in [5, 5.41) is 10.9. The van der Waals surface area contributed by atoms with Gasteiger partial charge in [-0.3, -0.25) is 33.8 Å². The average molecular weight is 1050 g/mol. The van der Waals surface area contributed by atoms with Crippen LogP contribution in [-0.2, 0) is 47.8 Å². The molecule has 0 unspecified atom stereocenters. The minimum atomic E-state index is -4.79. The summed E-state index contributed by atoms with van der Waals surface area (Å²) in [5.74, 6) is -2.33. The molecule has 5 amide bonds. The van der Waals surface area contributed by atoms with E-state index in [1.165, 1.54) is 41.1 Å². The number of alkyl halides is 3. The summed E-state index contributed by atoms with van der Waals surface area (Å²) in [4.78, 5) is 83.4. The van der Waals surface area contributed by atoms with Crippen molar-refractivity contribution in [1.29, 1.82) is 0 Å². The van der Waals surface area contributed by atoms with Crippen molar-refractivity contribution in [2.75, 3.05) is 38.7 Å². The lowest BCUT2D eigenvalue weighted by Gasteiger charge is -2.29. The third kappa shape index (κ3) is 15.2. The molecule has 20 heteroatoms. The normalized spacial score (nSPS) is 21.0. The number of hydrogen-bond acceptors (Lipinski definition) is 9. The SMILES string of the molecule is Cc1cc(F)ccc1Cc1cc(C(F)(F)F)c(Cl)cc1C(=O)Nc1ccn(CCCNC(=O)C2CCC(NC(=O)CCCOC3CCC(OCCNC(=O)[C@H]4CC(=O)N(C)[C@@H]4c4cccnc4)CC3)CC2)c(=O)c1. The van der Waals surface area contributed by atoms with E-state index < -0.39 is 40.0 Å². The Morgan fingerprint density at radius 3 is 2.23 bits per heavy atom. The molecular formula is C54H64ClF4N7O8. The van der Waals surface area contributed by atoms with Crippen molar-refractivity contribution in [2.24, 2.45) is 11.8 Å². The number of likely N-dealkylation sites (tertiary alicyclic amines) is 1. The van der Waals surface area contributed by atoms with Gasteiger partial charge in [0.15, 0.2) is 0 Å². The lowest BCUT2D eigenvalue weighted by Crippen LogP contribution is -2.41. The Labute approximate surface area is 432 Å². The second kappa shape index (κ2) is 25.9. The van der Waals surface area contributed by atoms with E-state index >= 15 is 0 Å². The molecule has 74 heavy (non-hydrogen) atoms. The van der Waals surface area contributed by atoms with Gasteiger partial charge in [-0.15, -0.1) is 0 Å². The lowest BCUT2D eigenvalue weighted by molar-refractivity contribution is -0.137. The molecule has 15 nitrogen and oxygen atoms in total. The zero-order valence-corrected chi connectivity index (χ0v) is 42.4. The Kier molecular flexibility index (Phi) is 19.4. The maximum atomic E-state index is 13.8. The highest BCUT2D eigenvalue weighted by atomic mass is 35.5. The van der Waals surface area contributed by atoms with Crippen LogP contribution in [0.25, 0.3) is 0 Å². The number of benzene rings is 2. The summed E-state index contributed by atoms with van der Waals surface area (Å²) in [5.41, 5.74) is 0.281. The standard InChI is InChI=1S/C54H64ClF4N7O8/c1-33-26-38(56)11-8-35(33)27-37-28-45(54(57,58)59)46(55)30-43(37)53(72)64-40-18-23-66(49(69)29-40)22-5-20-61-51(70)34-9-12-39(13-10-34)63-47(67)7-4-24-73-41-14-16-42(17-15-41)74-25-21-62-52(71)44-31-48(68)65(2)50(44)36-6-3-19-60-32-36/h3,6,8,11,18-19,23,26,28-30,32,34,39,41-42,44,50H,4-5,7,9-10,12-17,20-22,24-25,27,31H2,1-2H3,(H,61,70)(H,62,71)(H,63,67)(H,64,72)/t34?,39?,41?,42?,44-,50+/m0/s1.